The average Bonchev–Trinajstić information content (AvgIpc) is 3.04. The monoisotopic (exact) mass is 424 g/mol. The molecule has 0 spiro atoms. The number of phenolic OH excluding ortho intramolecular Hbond substituents is 1. The summed E-state index contributed by atoms with van der Waals surface area (Å²) >= 11 is 0. The fourth-order valence-corrected chi connectivity index (χ4v) is 3.80. The van der Waals surface area contributed by atoms with Crippen molar-refractivity contribution >= 4 is 21.7 Å². The first-order valence-electron chi connectivity index (χ1n) is 10.0. The second kappa shape index (κ2) is 7.74. The fraction of sp³-hybridized carbons (Fsp3) is 0.292. The maximum absolute atomic E-state index is 13.2. The molecular formula is C24H25FN2O4. The molecular weight excluding hydrogens is 399 g/mol. The molecule has 0 atom stereocenters. The van der Waals surface area contributed by atoms with Crippen molar-refractivity contribution in [3.8, 4) is 17.4 Å². The Balaban J connectivity index is 1.83. The van der Waals surface area contributed by atoms with Crippen molar-refractivity contribution in [2.75, 3.05) is 7.11 Å². The number of aryl methyl sites for hydroxylation is 1. The number of phenols is 1. The lowest BCUT2D eigenvalue weighted by atomic mass is 10.0. The minimum atomic E-state index is -0.892. The third kappa shape index (κ3) is 4.01. The van der Waals surface area contributed by atoms with Gasteiger partial charge in [0, 0.05) is 29.7 Å². The Morgan fingerprint density at radius 3 is 2.45 bits per heavy atom. The van der Waals surface area contributed by atoms with Crippen molar-refractivity contribution in [2.45, 2.75) is 38.8 Å². The summed E-state index contributed by atoms with van der Waals surface area (Å²) in [6, 6.07) is 8.16. The van der Waals surface area contributed by atoms with Gasteiger partial charge < -0.3 is 24.6 Å². The van der Waals surface area contributed by atoms with E-state index in [0.717, 1.165) is 11.1 Å². The van der Waals surface area contributed by atoms with Gasteiger partial charge in [0.15, 0.2) is 5.75 Å². The molecule has 2 aromatic carbocycles. The van der Waals surface area contributed by atoms with Crippen molar-refractivity contribution in [1.29, 1.82) is 0 Å². The van der Waals surface area contributed by atoms with Gasteiger partial charge >= 0.3 is 0 Å². The van der Waals surface area contributed by atoms with Crippen LogP contribution in [0, 0.1) is 5.82 Å². The highest BCUT2D eigenvalue weighted by atomic mass is 19.1. The van der Waals surface area contributed by atoms with Gasteiger partial charge in [-0.1, -0.05) is 12.1 Å². The molecule has 2 aromatic heterocycles. The molecule has 4 aromatic rings. The SMILES string of the molecule is COc1c2cc(Cc3ccc(F)cc3)cnc2c(O)c2c(O)n(CCC(C)(C)O)cc12. The molecule has 0 radical (unpaired) electrons. The molecule has 0 amide bonds. The van der Waals surface area contributed by atoms with Gasteiger partial charge in [0.05, 0.1) is 18.1 Å². The molecule has 0 fully saturated rings. The van der Waals surface area contributed by atoms with Gasteiger partial charge in [0.2, 0.25) is 5.88 Å². The van der Waals surface area contributed by atoms with Gasteiger partial charge in [-0.25, -0.2) is 4.39 Å². The smallest absolute Gasteiger partial charge is 0.203 e. The molecule has 0 unspecified atom stereocenters. The van der Waals surface area contributed by atoms with Crippen LogP contribution in [-0.2, 0) is 13.0 Å². The number of pyridine rings is 1. The molecule has 2 heterocycles. The molecule has 0 saturated carbocycles. The number of nitrogens with zero attached hydrogens (tertiary/aromatic N) is 2. The number of hydrogen-bond donors (Lipinski definition) is 3. The number of aromatic nitrogens is 2. The van der Waals surface area contributed by atoms with Gasteiger partial charge in [-0.3, -0.25) is 4.98 Å². The predicted molar refractivity (Wildman–Crippen MR) is 117 cm³/mol. The Morgan fingerprint density at radius 2 is 1.81 bits per heavy atom. The highest BCUT2D eigenvalue weighted by molar-refractivity contribution is 6.11. The zero-order valence-electron chi connectivity index (χ0n) is 17.7. The summed E-state index contributed by atoms with van der Waals surface area (Å²) in [5, 5.41) is 33.1. The largest absolute Gasteiger partial charge is 0.505 e. The number of rotatable bonds is 6. The minimum absolute atomic E-state index is 0.103. The molecule has 0 bridgehead atoms. The van der Waals surface area contributed by atoms with Gasteiger partial charge in [-0.2, -0.15) is 0 Å². The highest BCUT2D eigenvalue weighted by Crippen LogP contribution is 2.46. The van der Waals surface area contributed by atoms with Crippen LogP contribution < -0.4 is 4.74 Å². The molecule has 6 nitrogen and oxygen atoms in total. The predicted octanol–water partition coefficient (Wildman–Crippen LogP) is 4.50. The molecule has 31 heavy (non-hydrogen) atoms. The summed E-state index contributed by atoms with van der Waals surface area (Å²) in [5.41, 5.74) is 1.24. The lowest BCUT2D eigenvalue weighted by Crippen LogP contribution is -2.20. The second-order valence-electron chi connectivity index (χ2n) is 8.42. The van der Waals surface area contributed by atoms with Crippen LogP contribution in [0.5, 0.6) is 17.4 Å². The number of halogens is 1. The molecule has 4 rings (SSSR count). The lowest BCUT2D eigenvalue weighted by molar-refractivity contribution is 0.0657. The van der Waals surface area contributed by atoms with Crippen LogP contribution in [-0.4, -0.2) is 37.6 Å². The first-order chi connectivity index (χ1) is 14.7. The van der Waals surface area contributed by atoms with Crippen molar-refractivity contribution in [3.63, 3.8) is 0 Å². The number of fused-ring (bicyclic) bond motifs is 2. The van der Waals surface area contributed by atoms with Crippen LogP contribution in [0.25, 0.3) is 21.7 Å². The first kappa shape index (κ1) is 20.9. The van der Waals surface area contributed by atoms with Crippen molar-refractivity contribution in [1.82, 2.24) is 9.55 Å². The minimum Gasteiger partial charge on any atom is -0.505 e. The van der Waals surface area contributed by atoms with E-state index in [9.17, 15) is 19.7 Å². The Hall–Kier alpha value is -3.32. The summed E-state index contributed by atoms with van der Waals surface area (Å²) in [4.78, 5) is 4.42. The number of aliphatic hydroxyl groups is 1. The summed E-state index contributed by atoms with van der Waals surface area (Å²) in [5.74, 6) is -0.0235. The van der Waals surface area contributed by atoms with E-state index < -0.39 is 5.60 Å². The van der Waals surface area contributed by atoms with E-state index in [1.165, 1.54) is 19.2 Å². The normalized spacial score (nSPS) is 12.0. The third-order valence-electron chi connectivity index (χ3n) is 5.43. The molecule has 0 aliphatic rings. The molecule has 162 valence electrons. The number of ether oxygens (including phenoxy) is 1. The maximum atomic E-state index is 13.2. The van der Waals surface area contributed by atoms with Crippen molar-refractivity contribution in [2.24, 2.45) is 0 Å². The number of aromatic hydroxyl groups is 2. The van der Waals surface area contributed by atoms with Gasteiger partial charge in [-0.15, -0.1) is 0 Å². The number of hydrogen-bond acceptors (Lipinski definition) is 5. The number of benzene rings is 2. The van der Waals surface area contributed by atoms with E-state index in [0.29, 0.717) is 41.4 Å². The second-order valence-corrected chi connectivity index (χ2v) is 8.42. The molecule has 0 aliphatic carbocycles. The molecule has 0 saturated heterocycles. The van der Waals surface area contributed by atoms with E-state index >= 15 is 0 Å². The average molecular weight is 424 g/mol. The quantitative estimate of drug-likeness (QED) is 0.424. The van der Waals surface area contributed by atoms with E-state index in [4.69, 9.17) is 4.74 Å². The van der Waals surface area contributed by atoms with E-state index in [-0.39, 0.29) is 22.8 Å². The summed E-state index contributed by atoms with van der Waals surface area (Å²) in [7, 11) is 1.53. The Kier molecular flexibility index (Phi) is 5.23. The molecule has 7 heteroatoms. The molecule has 3 N–H and O–H groups in total. The standard InChI is InChI=1S/C24H25FN2O4/c1-24(2,30)8-9-27-13-18-19(23(27)29)21(28)20-17(22(18)31-3)11-15(12-26-20)10-14-4-6-16(25)7-5-14/h4-7,11-13,28-30H,8-10H2,1-3H3. The van der Waals surface area contributed by atoms with E-state index in [1.54, 1.807) is 42.9 Å². The summed E-state index contributed by atoms with van der Waals surface area (Å²) in [6.07, 6.45) is 4.33. The van der Waals surface area contributed by atoms with E-state index in [1.807, 2.05) is 6.07 Å². The first-order valence-corrected chi connectivity index (χ1v) is 10.0. The zero-order valence-corrected chi connectivity index (χ0v) is 17.7. The van der Waals surface area contributed by atoms with Crippen LogP contribution in [0.3, 0.4) is 0 Å². The lowest BCUT2D eigenvalue weighted by Gasteiger charge is -2.17. The van der Waals surface area contributed by atoms with Crippen LogP contribution in [0.2, 0.25) is 0 Å². The van der Waals surface area contributed by atoms with Gasteiger partial charge in [0.25, 0.3) is 0 Å². The molecule has 0 aliphatic heterocycles. The fourth-order valence-electron chi connectivity index (χ4n) is 3.80. The zero-order chi connectivity index (χ0) is 22.3. The van der Waals surface area contributed by atoms with Gasteiger partial charge in [-0.05, 0) is 56.0 Å². The maximum Gasteiger partial charge on any atom is 0.203 e. The highest BCUT2D eigenvalue weighted by Gasteiger charge is 2.23. The Bertz CT molecular complexity index is 1260. The van der Waals surface area contributed by atoms with Crippen molar-refractivity contribution < 1.29 is 24.4 Å². The van der Waals surface area contributed by atoms with Crippen LogP contribution in [0.4, 0.5) is 4.39 Å². The Morgan fingerprint density at radius 1 is 1.10 bits per heavy atom. The summed E-state index contributed by atoms with van der Waals surface area (Å²) in [6.45, 7) is 3.77. The Labute approximate surface area is 179 Å². The van der Waals surface area contributed by atoms with Gasteiger partial charge in [0.1, 0.15) is 17.1 Å². The van der Waals surface area contributed by atoms with Crippen LogP contribution >= 0.6 is 0 Å². The van der Waals surface area contributed by atoms with Crippen molar-refractivity contribution in [3.05, 3.63) is 59.7 Å². The van der Waals surface area contributed by atoms with E-state index in [2.05, 4.69) is 4.98 Å². The third-order valence-corrected chi connectivity index (χ3v) is 5.43. The topological polar surface area (TPSA) is 87.7 Å². The van der Waals surface area contributed by atoms with Crippen LogP contribution in [0.1, 0.15) is 31.4 Å². The number of methoxy groups -OCH3 is 1. The van der Waals surface area contributed by atoms with Crippen LogP contribution in [0.15, 0.2) is 42.7 Å². The summed E-state index contributed by atoms with van der Waals surface area (Å²) < 4.78 is 20.4.